The van der Waals surface area contributed by atoms with Crippen LogP contribution in [0.5, 0.6) is 11.5 Å². The first kappa shape index (κ1) is 21.9. The molecule has 0 radical (unpaired) electrons. The summed E-state index contributed by atoms with van der Waals surface area (Å²) >= 11 is 9.70. The van der Waals surface area contributed by atoms with Gasteiger partial charge in [-0.05, 0) is 45.3 Å². The number of halogens is 2. The molecule has 0 saturated carbocycles. The van der Waals surface area contributed by atoms with E-state index in [4.69, 9.17) is 21.1 Å². The predicted octanol–water partition coefficient (Wildman–Crippen LogP) is 5.38. The van der Waals surface area contributed by atoms with E-state index in [-0.39, 0.29) is 12.3 Å². The molecule has 0 saturated heterocycles. The largest absolute Gasteiger partial charge is 0.493 e. The normalized spacial score (nSPS) is 10.8. The van der Waals surface area contributed by atoms with Crippen LogP contribution >= 0.6 is 27.5 Å². The van der Waals surface area contributed by atoms with E-state index in [0.29, 0.717) is 27.6 Å². The van der Waals surface area contributed by atoms with E-state index in [0.717, 1.165) is 16.7 Å². The zero-order valence-corrected chi connectivity index (χ0v) is 18.6. The molecule has 0 spiro atoms. The molecule has 0 atom stereocenters. The Morgan fingerprint density at radius 2 is 1.87 bits per heavy atom. The second-order valence-electron chi connectivity index (χ2n) is 6.37. The third kappa shape index (κ3) is 6.08. The number of carbonyl (C=O) groups excluding carboxylic acids is 1. The molecule has 154 valence electrons. The van der Waals surface area contributed by atoms with Gasteiger partial charge in [-0.1, -0.05) is 60.1 Å². The van der Waals surface area contributed by atoms with E-state index in [1.54, 1.807) is 19.4 Å². The molecule has 0 aliphatic rings. The summed E-state index contributed by atoms with van der Waals surface area (Å²) in [6, 6.07) is 20.6. The molecular weight excluding hydrogens is 468 g/mol. The maximum absolute atomic E-state index is 12.0. The summed E-state index contributed by atoms with van der Waals surface area (Å²) in [5, 5.41) is 4.67. The van der Waals surface area contributed by atoms with Crippen LogP contribution in [-0.4, -0.2) is 19.2 Å². The van der Waals surface area contributed by atoms with Crippen molar-refractivity contribution in [1.82, 2.24) is 5.43 Å². The molecular formula is C23H20BrClN2O3. The minimum Gasteiger partial charge on any atom is -0.493 e. The molecule has 0 aromatic heterocycles. The van der Waals surface area contributed by atoms with Gasteiger partial charge in [0.1, 0.15) is 6.61 Å². The Hall–Kier alpha value is -2.83. The summed E-state index contributed by atoms with van der Waals surface area (Å²) in [6.07, 6.45) is 1.81. The van der Waals surface area contributed by atoms with E-state index >= 15 is 0 Å². The van der Waals surface area contributed by atoms with Gasteiger partial charge in [-0.25, -0.2) is 5.43 Å². The van der Waals surface area contributed by atoms with Crippen molar-refractivity contribution < 1.29 is 14.3 Å². The first-order valence-corrected chi connectivity index (χ1v) is 10.3. The number of carbonyl (C=O) groups is 1. The first-order valence-electron chi connectivity index (χ1n) is 9.16. The van der Waals surface area contributed by atoms with Gasteiger partial charge < -0.3 is 9.47 Å². The topological polar surface area (TPSA) is 59.9 Å². The molecule has 0 fully saturated rings. The molecule has 0 unspecified atom stereocenters. The zero-order valence-electron chi connectivity index (χ0n) is 16.3. The molecule has 7 heteroatoms. The molecule has 0 aliphatic heterocycles. The first-order chi connectivity index (χ1) is 14.6. The SMILES string of the molecule is COc1cc(C=NNC(=O)Cc2ccccc2)cc(Br)c1OCc1ccccc1Cl. The second kappa shape index (κ2) is 10.8. The lowest BCUT2D eigenvalue weighted by atomic mass is 10.1. The van der Waals surface area contributed by atoms with Crippen LogP contribution in [0, 0.1) is 0 Å². The summed E-state index contributed by atoms with van der Waals surface area (Å²) in [5.74, 6) is 0.902. The van der Waals surface area contributed by atoms with Crippen molar-refractivity contribution in [2.75, 3.05) is 7.11 Å². The van der Waals surface area contributed by atoms with Crippen molar-refractivity contribution in [3.63, 3.8) is 0 Å². The number of hydrazone groups is 1. The molecule has 1 N–H and O–H groups in total. The monoisotopic (exact) mass is 486 g/mol. The van der Waals surface area contributed by atoms with Gasteiger partial charge in [-0.15, -0.1) is 0 Å². The third-order valence-electron chi connectivity index (χ3n) is 4.19. The average molecular weight is 488 g/mol. The Kier molecular flexibility index (Phi) is 7.88. The van der Waals surface area contributed by atoms with Gasteiger partial charge in [-0.3, -0.25) is 4.79 Å². The highest BCUT2D eigenvalue weighted by atomic mass is 79.9. The van der Waals surface area contributed by atoms with Gasteiger partial charge in [0, 0.05) is 10.6 Å². The summed E-state index contributed by atoms with van der Waals surface area (Å²) < 4.78 is 12.1. The molecule has 0 heterocycles. The van der Waals surface area contributed by atoms with E-state index < -0.39 is 0 Å². The minimum atomic E-state index is -0.192. The number of methoxy groups -OCH3 is 1. The van der Waals surface area contributed by atoms with Crippen LogP contribution in [0.2, 0.25) is 5.02 Å². The number of amides is 1. The Balaban J connectivity index is 1.65. The van der Waals surface area contributed by atoms with Crippen molar-refractivity contribution in [2.24, 2.45) is 5.10 Å². The zero-order chi connectivity index (χ0) is 21.3. The van der Waals surface area contributed by atoms with Gasteiger partial charge >= 0.3 is 0 Å². The van der Waals surface area contributed by atoms with Crippen LogP contribution in [0.3, 0.4) is 0 Å². The van der Waals surface area contributed by atoms with Gasteiger partial charge in [0.2, 0.25) is 5.91 Å². The molecule has 3 aromatic carbocycles. The van der Waals surface area contributed by atoms with Crippen molar-refractivity contribution in [3.05, 3.63) is 92.9 Å². The molecule has 30 heavy (non-hydrogen) atoms. The van der Waals surface area contributed by atoms with Crippen LogP contribution in [-0.2, 0) is 17.8 Å². The standard InChI is InChI=1S/C23H20BrClN2O3/c1-29-21-12-17(14-26-27-22(28)13-16-7-3-2-4-8-16)11-19(24)23(21)30-15-18-9-5-6-10-20(18)25/h2-12,14H,13,15H2,1H3,(H,27,28). The Morgan fingerprint density at radius 1 is 1.13 bits per heavy atom. The fraction of sp³-hybridized carbons (Fsp3) is 0.130. The maximum atomic E-state index is 12.0. The van der Waals surface area contributed by atoms with Gasteiger partial charge in [0.05, 0.1) is 24.2 Å². The molecule has 0 aliphatic carbocycles. The molecule has 3 rings (SSSR count). The molecule has 3 aromatic rings. The number of ether oxygens (including phenoxy) is 2. The number of benzene rings is 3. The van der Waals surface area contributed by atoms with E-state index in [9.17, 15) is 4.79 Å². The highest BCUT2D eigenvalue weighted by molar-refractivity contribution is 9.10. The summed E-state index contributed by atoms with van der Waals surface area (Å²) in [7, 11) is 1.56. The number of rotatable bonds is 8. The fourth-order valence-corrected chi connectivity index (χ4v) is 3.48. The average Bonchev–Trinajstić information content (AvgIpc) is 2.74. The van der Waals surface area contributed by atoms with Gasteiger partial charge in [0.25, 0.3) is 0 Å². The van der Waals surface area contributed by atoms with Crippen molar-refractivity contribution in [1.29, 1.82) is 0 Å². The predicted molar refractivity (Wildman–Crippen MR) is 122 cm³/mol. The Labute approximate surface area is 188 Å². The van der Waals surface area contributed by atoms with Crippen molar-refractivity contribution >= 4 is 39.7 Å². The lowest BCUT2D eigenvalue weighted by Gasteiger charge is -2.14. The van der Waals surface area contributed by atoms with Gasteiger partial charge in [-0.2, -0.15) is 5.10 Å². The van der Waals surface area contributed by atoms with Crippen LogP contribution in [0.1, 0.15) is 16.7 Å². The van der Waals surface area contributed by atoms with Crippen molar-refractivity contribution in [2.45, 2.75) is 13.0 Å². The van der Waals surface area contributed by atoms with Crippen molar-refractivity contribution in [3.8, 4) is 11.5 Å². The number of hydrogen-bond donors (Lipinski definition) is 1. The lowest BCUT2D eigenvalue weighted by Crippen LogP contribution is -2.19. The summed E-state index contributed by atoms with van der Waals surface area (Å²) in [5.41, 5.74) is 5.07. The van der Waals surface area contributed by atoms with Crippen LogP contribution < -0.4 is 14.9 Å². The van der Waals surface area contributed by atoms with Crippen LogP contribution in [0.25, 0.3) is 0 Å². The summed E-state index contributed by atoms with van der Waals surface area (Å²) in [4.78, 5) is 12.0. The van der Waals surface area contributed by atoms with Gasteiger partial charge in [0.15, 0.2) is 11.5 Å². The fourth-order valence-electron chi connectivity index (χ4n) is 2.72. The van der Waals surface area contributed by atoms with E-state index in [1.165, 1.54) is 0 Å². The Bertz CT molecular complexity index is 1040. The highest BCUT2D eigenvalue weighted by Gasteiger charge is 2.12. The number of nitrogens with one attached hydrogen (secondary N) is 1. The lowest BCUT2D eigenvalue weighted by molar-refractivity contribution is -0.120. The van der Waals surface area contributed by atoms with Crippen LogP contribution in [0.4, 0.5) is 0 Å². The number of nitrogens with zero attached hydrogens (tertiary/aromatic N) is 1. The molecule has 0 bridgehead atoms. The highest BCUT2D eigenvalue weighted by Crippen LogP contribution is 2.37. The van der Waals surface area contributed by atoms with E-state index in [2.05, 4.69) is 26.5 Å². The second-order valence-corrected chi connectivity index (χ2v) is 7.63. The Morgan fingerprint density at radius 3 is 2.60 bits per heavy atom. The third-order valence-corrected chi connectivity index (χ3v) is 5.15. The van der Waals surface area contributed by atoms with E-state index in [1.807, 2.05) is 60.7 Å². The molecule has 5 nitrogen and oxygen atoms in total. The quantitative estimate of drug-likeness (QED) is 0.343. The minimum absolute atomic E-state index is 0.192. The van der Waals surface area contributed by atoms with Crippen LogP contribution in [0.15, 0.2) is 76.3 Å². The number of hydrogen-bond acceptors (Lipinski definition) is 4. The smallest absolute Gasteiger partial charge is 0.244 e. The maximum Gasteiger partial charge on any atom is 0.244 e. The molecule has 1 amide bonds. The summed E-state index contributed by atoms with van der Waals surface area (Å²) in [6.45, 7) is 0.303.